The van der Waals surface area contributed by atoms with E-state index in [9.17, 15) is 9.59 Å². The maximum absolute atomic E-state index is 11.8. The predicted molar refractivity (Wildman–Crippen MR) is 72.1 cm³/mol. The van der Waals surface area contributed by atoms with Gasteiger partial charge in [0.05, 0.1) is 0 Å². The molecule has 0 saturated carbocycles. The fraction of sp³-hybridized carbons (Fsp3) is 0.429. The topological polar surface area (TPSA) is 81.4 Å². The minimum absolute atomic E-state index is 0.216. The number of ether oxygens (including phenoxy) is 1. The monoisotopic (exact) mass is 264 g/mol. The Bertz CT molecular complexity index is 382. The van der Waals surface area contributed by atoms with Crippen LogP contribution in [-0.4, -0.2) is 25.0 Å². The zero-order valence-corrected chi connectivity index (χ0v) is 10.9. The van der Waals surface area contributed by atoms with Gasteiger partial charge < -0.3 is 15.8 Å². The number of benzene rings is 1. The summed E-state index contributed by atoms with van der Waals surface area (Å²) in [5, 5.41) is 2.48. The fourth-order valence-electron chi connectivity index (χ4n) is 1.67. The maximum atomic E-state index is 11.8. The molecule has 1 aromatic carbocycles. The molecule has 0 aromatic heterocycles. The molecule has 0 aliphatic carbocycles. The number of hydrogen-bond acceptors (Lipinski definition) is 4. The van der Waals surface area contributed by atoms with Crippen molar-refractivity contribution in [3.05, 3.63) is 35.9 Å². The molecule has 0 saturated heterocycles. The van der Waals surface area contributed by atoms with Gasteiger partial charge in [0.15, 0.2) is 0 Å². The summed E-state index contributed by atoms with van der Waals surface area (Å²) >= 11 is 0. The summed E-state index contributed by atoms with van der Waals surface area (Å²) in [7, 11) is 0. The number of unbranched alkanes of at least 4 members (excludes halogenated alkanes) is 1. The van der Waals surface area contributed by atoms with Crippen LogP contribution in [0.25, 0.3) is 0 Å². The van der Waals surface area contributed by atoms with Gasteiger partial charge in [0.2, 0.25) is 6.41 Å². The van der Waals surface area contributed by atoms with E-state index in [0.717, 1.165) is 18.4 Å². The Labute approximate surface area is 113 Å². The first-order valence-corrected chi connectivity index (χ1v) is 6.38. The van der Waals surface area contributed by atoms with Gasteiger partial charge in [0, 0.05) is 0 Å². The molecule has 19 heavy (non-hydrogen) atoms. The summed E-state index contributed by atoms with van der Waals surface area (Å²) in [5.41, 5.74) is 6.31. The molecule has 1 amide bonds. The highest BCUT2D eigenvalue weighted by molar-refractivity contribution is 5.78. The lowest BCUT2D eigenvalue weighted by Gasteiger charge is -2.15. The number of rotatable bonds is 9. The Morgan fingerprint density at radius 2 is 2.05 bits per heavy atom. The maximum Gasteiger partial charge on any atom is 0.328 e. The lowest BCUT2D eigenvalue weighted by atomic mass is 10.1. The number of hydrogen-bond donors (Lipinski definition) is 2. The van der Waals surface area contributed by atoms with Gasteiger partial charge in [-0.25, -0.2) is 4.79 Å². The van der Waals surface area contributed by atoms with Crippen molar-refractivity contribution in [3.8, 4) is 0 Å². The van der Waals surface area contributed by atoms with E-state index in [1.807, 2.05) is 30.3 Å². The minimum Gasteiger partial charge on any atom is -0.459 e. The van der Waals surface area contributed by atoms with Crippen LogP contribution in [0.5, 0.6) is 0 Å². The van der Waals surface area contributed by atoms with Crippen LogP contribution >= 0.6 is 0 Å². The SMILES string of the molecule is NCCCC[C@H](NC=O)C(=O)OCc1ccccc1. The second-order valence-corrected chi connectivity index (χ2v) is 4.21. The first kappa shape index (κ1) is 15.2. The van der Waals surface area contributed by atoms with Crippen molar-refractivity contribution < 1.29 is 14.3 Å². The molecule has 104 valence electrons. The second-order valence-electron chi connectivity index (χ2n) is 4.21. The molecule has 1 atom stereocenters. The third-order valence-electron chi connectivity index (χ3n) is 2.72. The number of amides is 1. The van der Waals surface area contributed by atoms with Gasteiger partial charge in [0.1, 0.15) is 12.6 Å². The summed E-state index contributed by atoms with van der Waals surface area (Å²) in [4.78, 5) is 22.3. The largest absolute Gasteiger partial charge is 0.459 e. The molecule has 0 fully saturated rings. The van der Waals surface area contributed by atoms with Crippen molar-refractivity contribution in [2.75, 3.05) is 6.54 Å². The zero-order chi connectivity index (χ0) is 13.9. The lowest BCUT2D eigenvalue weighted by molar-refractivity contribution is -0.148. The van der Waals surface area contributed by atoms with E-state index in [1.165, 1.54) is 0 Å². The normalized spacial score (nSPS) is 11.6. The summed E-state index contributed by atoms with van der Waals surface area (Å²) in [5.74, 6) is -0.409. The van der Waals surface area contributed by atoms with Gasteiger partial charge in [-0.3, -0.25) is 4.79 Å². The van der Waals surface area contributed by atoms with E-state index >= 15 is 0 Å². The van der Waals surface area contributed by atoms with Crippen molar-refractivity contribution >= 4 is 12.4 Å². The van der Waals surface area contributed by atoms with Gasteiger partial charge in [-0.2, -0.15) is 0 Å². The second kappa shape index (κ2) is 9.10. The van der Waals surface area contributed by atoms with E-state index in [1.54, 1.807) is 0 Å². The van der Waals surface area contributed by atoms with Gasteiger partial charge in [0.25, 0.3) is 0 Å². The number of carbonyl (C=O) groups is 2. The predicted octanol–water partition coefficient (Wildman–Crippen LogP) is 0.973. The highest BCUT2D eigenvalue weighted by Crippen LogP contribution is 2.05. The highest BCUT2D eigenvalue weighted by Gasteiger charge is 2.18. The molecule has 3 N–H and O–H groups in total. The molecular formula is C14H20N2O3. The van der Waals surface area contributed by atoms with Crippen molar-refractivity contribution in [2.24, 2.45) is 5.73 Å². The average Bonchev–Trinajstić information content (AvgIpc) is 2.45. The summed E-state index contributed by atoms with van der Waals surface area (Å²) in [6.45, 7) is 0.792. The lowest BCUT2D eigenvalue weighted by Crippen LogP contribution is -2.37. The number of esters is 1. The summed E-state index contributed by atoms with van der Waals surface area (Å²) in [6, 6.07) is 8.83. The van der Waals surface area contributed by atoms with Gasteiger partial charge in [-0.1, -0.05) is 30.3 Å². The van der Waals surface area contributed by atoms with E-state index in [4.69, 9.17) is 10.5 Å². The zero-order valence-electron chi connectivity index (χ0n) is 10.9. The van der Waals surface area contributed by atoms with Crippen molar-refractivity contribution in [1.82, 2.24) is 5.32 Å². The highest BCUT2D eigenvalue weighted by atomic mass is 16.5. The quantitative estimate of drug-likeness (QED) is 0.395. The van der Waals surface area contributed by atoms with Crippen LogP contribution in [0.4, 0.5) is 0 Å². The van der Waals surface area contributed by atoms with Crippen LogP contribution in [0, 0.1) is 0 Å². The van der Waals surface area contributed by atoms with Crippen LogP contribution in [-0.2, 0) is 20.9 Å². The van der Waals surface area contributed by atoms with Crippen LogP contribution in [0.1, 0.15) is 24.8 Å². The number of nitrogens with two attached hydrogens (primary N) is 1. The Morgan fingerprint density at radius 1 is 1.32 bits per heavy atom. The number of nitrogens with one attached hydrogen (secondary N) is 1. The molecule has 0 heterocycles. The molecule has 1 aromatic rings. The van der Waals surface area contributed by atoms with Crippen LogP contribution in [0.3, 0.4) is 0 Å². The van der Waals surface area contributed by atoms with E-state index in [-0.39, 0.29) is 6.61 Å². The molecule has 0 aliphatic rings. The Hall–Kier alpha value is -1.88. The molecule has 0 unspecified atom stereocenters. The molecule has 0 spiro atoms. The average molecular weight is 264 g/mol. The van der Waals surface area contributed by atoms with E-state index < -0.39 is 12.0 Å². The Morgan fingerprint density at radius 3 is 2.68 bits per heavy atom. The Balaban J connectivity index is 2.40. The van der Waals surface area contributed by atoms with Crippen molar-refractivity contribution in [3.63, 3.8) is 0 Å². The van der Waals surface area contributed by atoms with Crippen molar-refractivity contribution in [2.45, 2.75) is 31.9 Å². The van der Waals surface area contributed by atoms with Crippen LogP contribution in [0.15, 0.2) is 30.3 Å². The molecule has 0 radical (unpaired) electrons. The van der Waals surface area contributed by atoms with Crippen LogP contribution in [0.2, 0.25) is 0 Å². The molecule has 0 aliphatic heterocycles. The third kappa shape index (κ3) is 6.01. The van der Waals surface area contributed by atoms with Crippen molar-refractivity contribution in [1.29, 1.82) is 0 Å². The standard InChI is InChI=1S/C14H20N2O3/c15-9-5-4-8-13(16-11-17)14(18)19-10-12-6-2-1-3-7-12/h1-3,6-7,11,13H,4-5,8-10,15H2,(H,16,17)/t13-/m0/s1. The molecule has 1 rings (SSSR count). The summed E-state index contributed by atoms with van der Waals surface area (Å²) in [6.07, 6.45) is 2.67. The number of carbonyl (C=O) groups excluding carboxylic acids is 2. The van der Waals surface area contributed by atoms with E-state index in [0.29, 0.717) is 19.4 Å². The van der Waals surface area contributed by atoms with Crippen LogP contribution < -0.4 is 11.1 Å². The smallest absolute Gasteiger partial charge is 0.328 e. The first-order chi connectivity index (χ1) is 9.27. The Kier molecular flexibility index (Phi) is 7.27. The minimum atomic E-state index is -0.590. The fourth-order valence-corrected chi connectivity index (χ4v) is 1.67. The van der Waals surface area contributed by atoms with E-state index in [2.05, 4.69) is 5.32 Å². The van der Waals surface area contributed by atoms with Gasteiger partial charge >= 0.3 is 5.97 Å². The van der Waals surface area contributed by atoms with Gasteiger partial charge in [-0.05, 0) is 31.4 Å². The molecule has 5 heteroatoms. The molecular weight excluding hydrogens is 244 g/mol. The summed E-state index contributed by atoms with van der Waals surface area (Å²) < 4.78 is 5.18. The third-order valence-corrected chi connectivity index (χ3v) is 2.72. The molecule has 0 bridgehead atoms. The van der Waals surface area contributed by atoms with Gasteiger partial charge in [-0.15, -0.1) is 0 Å². The first-order valence-electron chi connectivity index (χ1n) is 6.38. The molecule has 5 nitrogen and oxygen atoms in total.